The van der Waals surface area contributed by atoms with Gasteiger partial charge in [0.25, 0.3) is 0 Å². The molecule has 0 amide bonds. The molecule has 3 unspecified atom stereocenters. The molecule has 4 fully saturated rings. The number of piperidine rings is 2. The second kappa shape index (κ2) is 11.1. The van der Waals surface area contributed by atoms with Gasteiger partial charge in [0.15, 0.2) is 15.7 Å². The Labute approximate surface area is 250 Å². The van der Waals surface area contributed by atoms with Gasteiger partial charge in [-0.15, -0.1) is 0 Å². The summed E-state index contributed by atoms with van der Waals surface area (Å²) in [5.41, 5.74) is 3.30. The summed E-state index contributed by atoms with van der Waals surface area (Å²) >= 11 is 0. The molecule has 7 nitrogen and oxygen atoms in total. The number of ether oxygens (including phenoxy) is 1. The van der Waals surface area contributed by atoms with E-state index in [9.17, 15) is 8.42 Å². The summed E-state index contributed by atoms with van der Waals surface area (Å²) in [5.74, 6) is 0.135. The molecule has 0 saturated carbocycles. The van der Waals surface area contributed by atoms with Crippen LogP contribution in [-0.2, 0) is 14.6 Å². The maximum atomic E-state index is 16.3. The number of fused-ring (bicyclic) bond motifs is 3. The highest BCUT2D eigenvalue weighted by Gasteiger charge is 2.46. The number of hydrogen-bond donors (Lipinski definition) is 0. The van der Waals surface area contributed by atoms with Crippen molar-refractivity contribution in [2.75, 3.05) is 56.5 Å². The highest BCUT2D eigenvalue weighted by atomic mass is 32.2. The van der Waals surface area contributed by atoms with Crippen molar-refractivity contribution in [1.29, 1.82) is 0 Å². The van der Waals surface area contributed by atoms with E-state index in [1.54, 1.807) is 12.1 Å². The summed E-state index contributed by atoms with van der Waals surface area (Å²) in [5, 5.41) is 0. The molecule has 42 heavy (non-hydrogen) atoms. The van der Waals surface area contributed by atoms with Crippen LogP contribution in [0.2, 0.25) is 0 Å². The molecule has 0 aromatic heterocycles. The largest absolute Gasteiger partial charge is 0.381 e. The van der Waals surface area contributed by atoms with Gasteiger partial charge in [0.05, 0.1) is 16.3 Å². The maximum Gasteiger partial charge on any atom is 0.175 e. The molecule has 3 atom stereocenters. The average Bonchev–Trinajstić information content (AvgIpc) is 3.41. The molecule has 5 aliphatic rings. The van der Waals surface area contributed by atoms with Crippen LogP contribution in [0.4, 0.5) is 15.8 Å². The van der Waals surface area contributed by atoms with Crippen molar-refractivity contribution >= 4 is 21.2 Å². The number of benzene rings is 2. The Morgan fingerprint density at radius 3 is 2.05 bits per heavy atom. The van der Waals surface area contributed by atoms with Crippen LogP contribution in [0.3, 0.4) is 0 Å². The zero-order chi connectivity index (χ0) is 29.2. The van der Waals surface area contributed by atoms with E-state index in [-0.39, 0.29) is 17.9 Å². The molecule has 0 N–H and O–H groups in total. The fraction of sp³-hybridized carbons (Fsp3) is 0.636. The van der Waals surface area contributed by atoms with Crippen LogP contribution >= 0.6 is 0 Å². The van der Waals surface area contributed by atoms with Gasteiger partial charge in [0, 0.05) is 57.7 Å². The van der Waals surface area contributed by atoms with Crippen molar-refractivity contribution in [2.45, 2.75) is 92.5 Å². The Kier molecular flexibility index (Phi) is 7.52. The molecular formula is C33H45FN4O3S. The van der Waals surface area contributed by atoms with E-state index >= 15 is 4.39 Å². The van der Waals surface area contributed by atoms with Crippen LogP contribution in [0.5, 0.6) is 0 Å². The summed E-state index contributed by atoms with van der Waals surface area (Å²) < 4.78 is 45.8. The highest BCUT2D eigenvalue weighted by molar-refractivity contribution is 7.90. The molecule has 7 rings (SSSR count). The molecule has 2 bridgehead atoms. The van der Waals surface area contributed by atoms with Gasteiger partial charge in [0.1, 0.15) is 6.17 Å². The zero-order valence-corrected chi connectivity index (χ0v) is 26.0. The van der Waals surface area contributed by atoms with E-state index in [0.717, 1.165) is 68.0 Å². The van der Waals surface area contributed by atoms with Gasteiger partial charge >= 0.3 is 0 Å². The van der Waals surface area contributed by atoms with Crippen LogP contribution in [0, 0.1) is 5.82 Å². The zero-order valence-electron chi connectivity index (χ0n) is 25.2. The predicted octanol–water partition coefficient (Wildman–Crippen LogP) is 5.17. The number of sulfone groups is 1. The van der Waals surface area contributed by atoms with Crippen LogP contribution in [0.15, 0.2) is 41.3 Å². The number of halogens is 1. The van der Waals surface area contributed by atoms with Gasteiger partial charge in [-0.3, -0.25) is 4.90 Å². The Balaban J connectivity index is 1.02. The van der Waals surface area contributed by atoms with Crippen LogP contribution in [0.1, 0.15) is 74.6 Å². The van der Waals surface area contributed by atoms with Gasteiger partial charge in [-0.25, -0.2) is 12.8 Å². The Bertz CT molecular complexity index is 1390. The normalized spacial score (nSPS) is 29.8. The lowest BCUT2D eigenvalue weighted by Gasteiger charge is -2.48. The molecule has 9 heteroatoms. The smallest absolute Gasteiger partial charge is 0.175 e. The minimum atomic E-state index is -3.27. The van der Waals surface area contributed by atoms with Gasteiger partial charge in [-0.1, -0.05) is 18.2 Å². The summed E-state index contributed by atoms with van der Waals surface area (Å²) in [6.45, 7) is 3.94. The van der Waals surface area contributed by atoms with E-state index in [4.69, 9.17) is 4.74 Å². The second-order valence-corrected chi connectivity index (χ2v) is 15.4. The third-order valence-corrected chi connectivity index (χ3v) is 12.2. The topological polar surface area (TPSA) is 56.3 Å². The average molecular weight is 597 g/mol. The van der Waals surface area contributed by atoms with Crippen LogP contribution in [0.25, 0.3) is 0 Å². The molecular weight excluding hydrogens is 551 g/mol. The standard InChI is InChI=1S/C33H45FN4O3S/c1-35-30-11-10-29(31(34)32(30)36(2)33(35)23-4-8-28(9-5-23)42(3,39)40)22-12-16-37(17-13-22)27-20-25-6-7-26(21-27)38(25)24-14-18-41-19-15-24/h4-5,8-11,22,24-27,33H,6-7,12-21H2,1-3H3. The SMILES string of the molecule is CN1c2ccc(C3CCN(C4CC5CCC(C4)N5C4CCOCC4)CC3)c(F)c2N(C)C1c1ccc(S(C)(=O)=O)cc1. The van der Waals surface area contributed by atoms with E-state index in [0.29, 0.717) is 22.7 Å². The molecule has 2 aromatic carbocycles. The molecule has 0 aliphatic carbocycles. The number of nitrogens with zero attached hydrogens (tertiary/aromatic N) is 4. The molecule has 228 valence electrons. The van der Waals surface area contributed by atoms with E-state index in [1.165, 1.54) is 44.8 Å². The lowest BCUT2D eigenvalue weighted by Crippen LogP contribution is -2.55. The third-order valence-electron chi connectivity index (χ3n) is 11.1. The number of hydrogen-bond acceptors (Lipinski definition) is 7. The lowest BCUT2D eigenvalue weighted by atomic mass is 9.86. The van der Waals surface area contributed by atoms with Gasteiger partial charge in [0.2, 0.25) is 0 Å². The highest BCUT2D eigenvalue weighted by Crippen LogP contribution is 2.49. The summed E-state index contributed by atoms with van der Waals surface area (Å²) in [7, 11) is 0.653. The Morgan fingerprint density at radius 1 is 0.786 bits per heavy atom. The minimum absolute atomic E-state index is 0.0987. The van der Waals surface area contributed by atoms with Crippen molar-refractivity contribution in [3.8, 4) is 0 Å². The van der Waals surface area contributed by atoms with E-state index in [2.05, 4.69) is 20.8 Å². The number of rotatable bonds is 5. The monoisotopic (exact) mass is 596 g/mol. The Morgan fingerprint density at radius 2 is 1.43 bits per heavy atom. The fourth-order valence-corrected chi connectivity index (χ4v) is 9.62. The fourth-order valence-electron chi connectivity index (χ4n) is 8.99. The van der Waals surface area contributed by atoms with Gasteiger partial charge in [-0.2, -0.15) is 0 Å². The molecule has 4 saturated heterocycles. The van der Waals surface area contributed by atoms with Gasteiger partial charge < -0.3 is 19.4 Å². The van der Waals surface area contributed by atoms with Crippen molar-refractivity contribution in [1.82, 2.24) is 9.80 Å². The summed E-state index contributed by atoms with van der Waals surface area (Å²) in [6.07, 6.45) is 10.7. The first-order valence-corrected chi connectivity index (χ1v) is 17.8. The van der Waals surface area contributed by atoms with E-state index in [1.807, 2.05) is 37.2 Å². The molecule has 5 aliphatic heterocycles. The first-order chi connectivity index (χ1) is 20.2. The third kappa shape index (κ3) is 4.94. The summed E-state index contributed by atoms with van der Waals surface area (Å²) in [6, 6.07) is 13.9. The van der Waals surface area contributed by atoms with Crippen molar-refractivity contribution in [3.63, 3.8) is 0 Å². The molecule has 0 radical (unpaired) electrons. The van der Waals surface area contributed by atoms with Crippen LogP contribution < -0.4 is 9.80 Å². The molecule has 5 heterocycles. The quantitative estimate of drug-likeness (QED) is 0.472. The molecule has 2 aromatic rings. The first-order valence-electron chi connectivity index (χ1n) is 15.9. The number of anilines is 2. The predicted molar refractivity (Wildman–Crippen MR) is 165 cm³/mol. The first kappa shape index (κ1) is 28.6. The Hall–Kier alpha value is -2.20. The lowest BCUT2D eigenvalue weighted by molar-refractivity contribution is -0.0221. The number of likely N-dealkylation sites (tertiary alicyclic amines) is 1. The van der Waals surface area contributed by atoms with Crippen molar-refractivity contribution in [3.05, 3.63) is 53.3 Å². The summed E-state index contributed by atoms with van der Waals surface area (Å²) in [4.78, 5) is 9.99. The van der Waals surface area contributed by atoms with Crippen molar-refractivity contribution in [2.24, 2.45) is 0 Å². The van der Waals surface area contributed by atoms with Gasteiger partial charge in [-0.05, 0) is 99.7 Å². The second-order valence-electron chi connectivity index (χ2n) is 13.4. The van der Waals surface area contributed by atoms with Crippen molar-refractivity contribution < 1.29 is 17.5 Å². The maximum absolute atomic E-state index is 16.3. The minimum Gasteiger partial charge on any atom is -0.381 e. The molecule has 0 spiro atoms. The van der Waals surface area contributed by atoms with Crippen LogP contribution in [-0.4, -0.2) is 89.0 Å². The van der Waals surface area contributed by atoms with E-state index < -0.39 is 9.84 Å².